The molecule has 0 saturated carbocycles. The number of anilines is 1. The van der Waals surface area contributed by atoms with Crippen LogP contribution in [0.2, 0.25) is 5.02 Å². The molecule has 0 aliphatic rings. The van der Waals surface area contributed by atoms with Crippen LogP contribution in [0.3, 0.4) is 0 Å². The number of nitriles is 1. The van der Waals surface area contributed by atoms with Crippen molar-refractivity contribution in [2.24, 2.45) is 0 Å². The van der Waals surface area contributed by atoms with E-state index in [1.54, 1.807) is 30.3 Å². The summed E-state index contributed by atoms with van der Waals surface area (Å²) in [4.78, 5) is 13.9. The molecule has 0 saturated heterocycles. The molecule has 0 amide bonds. The molecule has 0 spiro atoms. The third-order valence-electron chi connectivity index (χ3n) is 2.67. The number of aromatic nitrogens is 1. The normalized spacial score (nSPS) is 9.82. The van der Waals surface area contributed by atoms with Gasteiger partial charge in [0, 0.05) is 11.1 Å². The number of ether oxygens (including phenoxy) is 1. The van der Waals surface area contributed by atoms with E-state index >= 15 is 0 Å². The van der Waals surface area contributed by atoms with E-state index in [0.29, 0.717) is 29.7 Å². The molecule has 7 nitrogen and oxygen atoms in total. The van der Waals surface area contributed by atoms with Crippen molar-refractivity contribution in [1.82, 2.24) is 4.98 Å². The van der Waals surface area contributed by atoms with Crippen LogP contribution in [-0.4, -0.2) is 23.1 Å². The van der Waals surface area contributed by atoms with Crippen LogP contribution < -0.4 is 10.1 Å². The lowest BCUT2D eigenvalue weighted by atomic mass is 10.3. The van der Waals surface area contributed by atoms with E-state index in [0.717, 1.165) is 0 Å². The highest BCUT2D eigenvalue weighted by molar-refractivity contribution is 6.30. The number of rotatable bonds is 6. The van der Waals surface area contributed by atoms with E-state index in [2.05, 4.69) is 10.3 Å². The number of hydrogen-bond acceptors (Lipinski definition) is 6. The number of nitrogens with one attached hydrogen (secondary N) is 1. The van der Waals surface area contributed by atoms with Gasteiger partial charge < -0.3 is 10.1 Å². The fourth-order valence-electron chi connectivity index (χ4n) is 1.66. The SMILES string of the molecule is N#Cc1nc(NCCOc2ccc(Cl)cc2)ccc1[N+](=O)[O-]. The molecule has 0 unspecified atom stereocenters. The van der Waals surface area contributed by atoms with Crippen molar-refractivity contribution in [3.8, 4) is 11.8 Å². The van der Waals surface area contributed by atoms with Gasteiger partial charge in [0.25, 0.3) is 0 Å². The van der Waals surface area contributed by atoms with Crippen LogP contribution in [0.15, 0.2) is 36.4 Å². The van der Waals surface area contributed by atoms with Crippen molar-refractivity contribution < 1.29 is 9.66 Å². The molecular formula is C14H11ClN4O3. The van der Waals surface area contributed by atoms with Gasteiger partial charge in [-0.3, -0.25) is 10.1 Å². The lowest BCUT2D eigenvalue weighted by molar-refractivity contribution is -0.385. The molecule has 0 aliphatic heterocycles. The number of benzene rings is 1. The quantitative estimate of drug-likeness (QED) is 0.499. The molecule has 1 heterocycles. The highest BCUT2D eigenvalue weighted by atomic mass is 35.5. The summed E-state index contributed by atoms with van der Waals surface area (Å²) in [7, 11) is 0. The second-order valence-electron chi connectivity index (χ2n) is 4.16. The topological polar surface area (TPSA) is 101 Å². The first-order valence-electron chi connectivity index (χ1n) is 6.28. The van der Waals surface area contributed by atoms with Gasteiger partial charge in [-0.1, -0.05) is 11.6 Å². The van der Waals surface area contributed by atoms with Gasteiger partial charge in [0.05, 0.1) is 11.5 Å². The maximum absolute atomic E-state index is 10.7. The van der Waals surface area contributed by atoms with E-state index in [1.165, 1.54) is 12.1 Å². The fraction of sp³-hybridized carbons (Fsp3) is 0.143. The van der Waals surface area contributed by atoms with E-state index in [9.17, 15) is 10.1 Å². The van der Waals surface area contributed by atoms with Crippen LogP contribution in [0, 0.1) is 21.4 Å². The van der Waals surface area contributed by atoms with Crippen molar-refractivity contribution in [2.75, 3.05) is 18.5 Å². The van der Waals surface area contributed by atoms with Gasteiger partial charge in [-0.15, -0.1) is 0 Å². The van der Waals surface area contributed by atoms with Crippen LogP contribution in [-0.2, 0) is 0 Å². The molecule has 112 valence electrons. The number of halogens is 1. The van der Waals surface area contributed by atoms with E-state index in [4.69, 9.17) is 21.6 Å². The molecule has 0 aliphatic carbocycles. The first kappa shape index (κ1) is 15.5. The highest BCUT2D eigenvalue weighted by Gasteiger charge is 2.15. The lowest BCUT2D eigenvalue weighted by Crippen LogP contribution is -2.12. The summed E-state index contributed by atoms with van der Waals surface area (Å²) in [6.07, 6.45) is 0. The van der Waals surface area contributed by atoms with Crippen LogP contribution in [0.5, 0.6) is 5.75 Å². The van der Waals surface area contributed by atoms with Gasteiger partial charge in [0.15, 0.2) is 0 Å². The van der Waals surface area contributed by atoms with E-state index in [1.807, 2.05) is 0 Å². The maximum atomic E-state index is 10.7. The van der Waals surface area contributed by atoms with Gasteiger partial charge in [-0.2, -0.15) is 5.26 Å². The van der Waals surface area contributed by atoms with Crippen molar-refractivity contribution in [3.63, 3.8) is 0 Å². The van der Waals surface area contributed by atoms with Gasteiger partial charge in [-0.05, 0) is 30.3 Å². The van der Waals surface area contributed by atoms with Crippen LogP contribution in [0.4, 0.5) is 11.5 Å². The monoisotopic (exact) mass is 318 g/mol. The zero-order chi connectivity index (χ0) is 15.9. The Bertz CT molecular complexity index is 713. The summed E-state index contributed by atoms with van der Waals surface area (Å²) in [5, 5.41) is 23.1. The largest absolute Gasteiger partial charge is 0.492 e. The van der Waals surface area contributed by atoms with Crippen molar-refractivity contribution in [1.29, 1.82) is 5.26 Å². The average Bonchev–Trinajstić information content (AvgIpc) is 2.52. The van der Waals surface area contributed by atoms with Gasteiger partial charge in [0.1, 0.15) is 24.2 Å². The third kappa shape index (κ3) is 4.07. The van der Waals surface area contributed by atoms with Crippen molar-refractivity contribution in [3.05, 3.63) is 57.2 Å². The molecule has 22 heavy (non-hydrogen) atoms. The van der Waals surface area contributed by atoms with Crippen molar-refractivity contribution in [2.45, 2.75) is 0 Å². The molecule has 1 N–H and O–H groups in total. The Kier molecular flexibility index (Phi) is 5.11. The number of hydrogen-bond donors (Lipinski definition) is 1. The van der Waals surface area contributed by atoms with Gasteiger partial charge in [0.2, 0.25) is 5.69 Å². The predicted molar refractivity (Wildman–Crippen MR) is 81.0 cm³/mol. The van der Waals surface area contributed by atoms with Crippen molar-refractivity contribution >= 4 is 23.1 Å². The molecule has 0 radical (unpaired) electrons. The zero-order valence-electron chi connectivity index (χ0n) is 11.3. The number of nitrogens with zero attached hydrogens (tertiary/aromatic N) is 3. The fourth-order valence-corrected chi connectivity index (χ4v) is 1.78. The molecule has 2 rings (SSSR count). The standard InChI is InChI=1S/C14H11ClN4O3/c15-10-1-3-11(4-2-10)22-8-7-17-14-6-5-13(19(20)21)12(9-16)18-14/h1-6H,7-8H2,(H,17,18). The minimum Gasteiger partial charge on any atom is -0.492 e. The molecular weight excluding hydrogens is 308 g/mol. The van der Waals surface area contributed by atoms with E-state index in [-0.39, 0.29) is 11.4 Å². The van der Waals surface area contributed by atoms with E-state index < -0.39 is 4.92 Å². The molecule has 0 bridgehead atoms. The molecule has 2 aromatic rings. The second kappa shape index (κ2) is 7.24. The molecule has 8 heteroatoms. The zero-order valence-corrected chi connectivity index (χ0v) is 12.1. The predicted octanol–water partition coefficient (Wildman–Crippen LogP) is 3.01. The Morgan fingerprint density at radius 3 is 2.68 bits per heavy atom. The summed E-state index contributed by atoms with van der Waals surface area (Å²) in [6, 6.07) is 11.3. The maximum Gasteiger partial charge on any atom is 0.305 e. The first-order chi connectivity index (χ1) is 10.6. The smallest absolute Gasteiger partial charge is 0.305 e. The lowest BCUT2D eigenvalue weighted by Gasteiger charge is -2.08. The highest BCUT2D eigenvalue weighted by Crippen LogP contribution is 2.18. The second-order valence-corrected chi connectivity index (χ2v) is 4.60. The molecule has 1 aromatic carbocycles. The summed E-state index contributed by atoms with van der Waals surface area (Å²) in [5.74, 6) is 1.06. The van der Waals surface area contributed by atoms with Crippen LogP contribution in [0.1, 0.15) is 5.69 Å². The molecule has 0 atom stereocenters. The van der Waals surface area contributed by atoms with Gasteiger partial charge >= 0.3 is 5.69 Å². The minimum absolute atomic E-state index is 0.228. The Hall–Kier alpha value is -2.85. The third-order valence-corrected chi connectivity index (χ3v) is 2.92. The summed E-state index contributed by atoms with van der Waals surface area (Å²) < 4.78 is 5.48. The Morgan fingerprint density at radius 2 is 2.05 bits per heavy atom. The molecule has 1 aromatic heterocycles. The van der Waals surface area contributed by atoms with Crippen LogP contribution in [0.25, 0.3) is 0 Å². The Morgan fingerprint density at radius 1 is 1.32 bits per heavy atom. The van der Waals surface area contributed by atoms with Crippen LogP contribution >= 0.6 is 11.6 Å². The number of nitro groups is 1. The minimum atomic E-state index is -0.640. The summed E-state index contributed by atoms with van der Waals surface area (Å²) in [5.41, 5.74) is -0.543. The Balaban J connectivity index is 1.88. The summed E-state index contributed by atoms with van der Waals surface area (Å²) in [6.45, 7) is 0.792. The van der Waals surface area contributed by atoms with Gasteiger partial charge in [-0.25, -0.2) is 4.98 Å². The summed E-state index contributed by atoms with van der Waals surface area (Å²) >= 11 is 5.77. The average molecular weight is 319 g/mol. The molecule has 0 fully saturated rings. The Labute approximate surface area is 131 Å². The number of pyridine rings is 1. The first-order valence-corrected chi connectivity index (χ1v) is 6.65.